The number of nitrogens with zero attached hydrogens (tertiary/aromatic N) is 4. The Kier molecular flexibility index (Phi) is 14.6. The van der Waals surface area contributed by atoms with Crippen LogP contribution in [0, 0.1) is 20.8 Å². The van der Waals surface area contributed by atoms with Gasteiger partial charge in [0.1, 0.15) is 0 Å². The summed E-state index contributed by atoms with van der Waals surface area (Å²) in [5.74, 6) is 0.256. The molecule has 0 saturated carbocycles. The van der Waals surface area contributed by atoms with Gasteiger partial charge in [0, 0.05) is 74.2 Å². The van der Waals surface area contributed by atoms with Crippen molar-refractivity contribution < 1.29 is 0 Å². The Hall–Kier alpha value is -7.82. The molecule has 0 aliphatic heterocycles. The van der Waals surface area contributed by atoms with Crippen molar-refractivity contribution in [1.82, 2.24) is 0 Å². The van der Waals surface area contributed by atoms with Crippen LogP contribution in [0.5, 0.6) is 0 Å². The van der Waals surface area contributed by atoms with Crippen molar-refractivity contribution in [2.24, 2.45) is 0 Å². The molecule has 0 radical (unpaired) electrons. The predicted molar refractivity (Wildman–Crippen MR) is 289 cm³/mol. The van der Waals surface area contributed by atoms with Crippen molar-refractivity contribution in [3.63, 3.8) is 0 Å². The van der Waals surface area contributed by atoms with E-state index in [1.54, 1.807) is 0 Å². The zero-order valence-corrected chi connectivity index (χ0v) is 40.0. The fraction of sp³-hybridized carbons (Fsp3) is 0.143. The number of rotatable bonds is 15. The van der Waals surface area contributed by atoms with Gasteiger partial charge in [0.05, 0.1) is 0 Å². The molecule has 0 saturated heterocycles. The maximum absolute atomic E-state index is 2.39. The normalized spacial score (nSPS) is 14.1. The van der Waals surface area contributed by atoms with Gasteiger partial charge in [-0.15, -0.1) is 0 Å². The summed E-state index contributed by atoms with van der Waals surface area (Å²) in [5.41, 5.74) is 18.5. The number of hydrogen-bond acceptors (Lipinski definition) is 4. The van der Waals surface area contributed by atoms with Crippen molar-refractivity contribution >= 4 is 51.2 Å². The van der Waals surface area contributed by atoms with Gasteiger partial charge in [0.15, 0.2) is 0 Å². The number of aryl methyl sites for hydroxylation is 3. The number of hydrogen-bond donors (Lipinski definition) is 0. The molecule has 0 bridgehead atoms. The fourth-order valence-electron chi connectivity index (χ4n) is 8.95. The highest BCUT2D eigenvalue weighted by Crippen LogP contribution is 2.41. The number of allylic oxidation sites excluding steroid dienone is 10. The van der Waals surface area contributed by atoms with Crippen molar-refractivity contribution in [3.8, 4) is 0 Å². The summed E-state index contributed by atoms with van der Waals surface area (Å²) < 4.78 is 0. The minimum Gasteiger partial charge on any atom is -0.315 e. The molecule has 0 N–H and O–H groups in total. The first-order chi connectivity index (χ1) is 32.7. The Morgan fingerprint density at radius 1 is 0.478 bits per heavy atom. The van der Waals surface area contributed by atoms with Crippen molar-refractivity contribution in [2.75, 3.05) is 19.6 Å². The molecule has 0 fully saturated rings. The monoisotopic (exact) mass is 874 g/mol. The first kappa shape index (κ1) is 45.7. The van der Waals surface area contributed by atoms with Gasteiger partial charge in [0.2, 0.25) is 0 Å². The zero-order valence-electron chi connectivity index (χ0n) is 40.0. The molecule has 0 amide bonds. The van der Waals surface area contributed by atoms with Crippen LogP contribution >= 0.6 is 0 Å². The van der Waals surface area contributed by atoms with Gasteiger partial charge in [-0.25, -0.2) is 0 Å². The van der Waals surface area contributed by atoms with E-state index in [4.69, 9.17) is 0 Å². The molecule has 1 aliphatic rings. The molecule has 0 heterocycles. The van der Waals surface area contributed by atoms with Gasteiger partial charge in [-0.1, -0.05) is 103 Å². The third-order valence-corrected chi connectivity index (χ3v) is 12.2. The second kappa shape index (κ2) is 21.4. The lowest BCUT2D eigenvalue weighted by molar-refractivity contribution is 0.837. The van der Waals surface area contributed by atoms with E-state index >= 15 is 0 Å². The average Bonchev–Trinajstić information content (AvgIpc) is 3.35. The molecule has 1 unspecified atom stereocenters. The van der Waals surface area contributed by atoms with E-state index in [0.29, 0.717) is 0 Å². The lowest BCUT2D eigenvalue weighted by Crippen LogP contribution is -2.21. The Labute approximate surface area is 399 Å². The van der Waals surface area contributed by atoms with Crippen LogP contribution in [0.2, 0.25) is 0 Å². The highest BCUT2D eigenvalue weighted by Gasteiger charge is 2.21. The molecule has 4 heteroatoms. The van der Waals surface area contributed by atoms with E-state index in [9.17, 15) is 0 Å². The Morgan fingerprint density at radius 2 is 0.940 bits per heavy atom. The summed E-state index contributed by atoms with van der Waals surface area (Å²) in [5, 5.41) is 0. The largest absolute Gasteiger partial charge is 0.315 e. The SMILES string of the molecule is C/C=C\C=C(/C)N(c1ccc(N(C2=CCC(c3ccc(N(c4ccccc4)c4ccc(N(c5cccc(C)c5)c5cccc(C)c5)cc4)cc3)C=C2)C(/C=C\C)=C/C)cc1)c1cccc(C)c1. The molecule has 7 aromatic rings. The molecule has 334 valence electrons. The van der Waals surface area contributed by atoms with Gasteiger partial charge in [-0.05, 0) is 205 Å². The molecule has 0 spiro atoms. The smallest absolute Gasteiger partial charge is 0.0464 e. The Balaban J connectivity index is 1.05. The van der Waals surface area contributed by atoms with Crippen LogP contribution in [0.15, 0.2) is 248 Å². The van der Waals surface area contributed by atoms with Gasteiger partial charge in [-0.2, -0.15) is 0 Å². The van der Waals surface area contributed by atoms with Crippen LogP contribution in [0.25, 0.3) is 0 Å². The molecule has 1 aliphatic carbocycles. The van der Waals surface area contributed by atoms with Crippen molar-refractivity contribution in [2.45, 2.75) is 60.8 Å². The molecule has 4 nitrogen and oxygen atoms in total. The molecule has 1 atom stereocenters. The molecule has 8 rings (SSSR count). The van der Waals surface area contributed by atoms with Crippen LogP contribution in [0.3, 0.4) is 0 Å². The summed E-state index contributed by atoms with van der Waals surface area (Å²) in [6.07, 6.45) is 20.8. The van der Waals surface area contributed by atoms with Gasteiger partial charge in [0.25, 0.3) is 0 Å². The third kappa shape index (κ3) is 10.7. The Morgan fingerprint density at radius 3 is 1.43 bits per heavy atom. The second-order valence-electron chi connectivity index (χ2n) is 17.2. The first-order valence-corrected chi connectivity index (χ1v) is 23.5. The summed E-state index contributed by atoms with van der Waals surface area (Å²) in [4.78, 5) is 9.37. The molecule has 7 aromatic carbocycles. The van der Waals surface area contributed by atoms with E-state index in [1.165, 1.54) is 22.3 Å². The minimum absolute atomic E-state index is 0.256. The molecular weight excluding hydrogens is 813 g/mol. The number of benzene rings is 7. The third-order valence-electron chi connectivity index (χ3n) is 12.2. The number of anilines is 9. The maximum atomic E-state index is 2.39. The fourth-order valence-corrected chi connectivity index (χ4v) is 8.95. The van der Waals surface area contributed by atoms with Crippen molar-refractivity contribution in [3.05, 3.63) is 270 Å². The Bertz CT molecular complexity index is 2900. The van der Waals surface area contributed by atoms with E-state index in [2.05, 4.69) is 299 Å². The first-order valence-electron chi connectivity index (χ1n) is 23.5. The van der Waals surface area contributed by atoms with Crippen LogP contribution in [0.1, 0.15) is 62.3 Å². The summed E-state index contributed by atoms with van der Waals surface area (Å²) in [6.45, 7) is 14.9. The van der Waals surface area contributed by atoms with Crippen LogP contribution < -0.4 is 19.6 Å². The van der Waals surface area contributed by atoms with E-state index in [-0.39, 0.29) is 5.92 Å². The highest BCUT2D eigenvalue weighted by molar-refractivity contribution is 5.82. The van der Waals surface area contributed by atoms with Crippen LogP contribution in [-0.2, 0) is 0 Å². The van der Waals surface area contributed by atoms with E-state index < -0.39 is 0 Å². The molecule has 67 heavy (non-hydrogen) atoms. The predicted octanol–water partition coefficient (Wildman–Crippen LogP) is 18.1. The number of para-hydroxylation sites is 1. The average molecular weight is 875 g/mol. The van der Waals surface area contributed by atoms with E-state index in [1.807, 2.05) is 0 Å². The quantitative estimate of drug-likeness (QED) is 0.0952. The molecular formula is C63H62N4. The summed E-state index contributed by atoms with van der Waals surface area (Å²) in [7, 11) is 0. The maximum Gasteiger partial charge on any atom is 0.0464 e. The topological polar surface area (TPSA) is 13.0 Å². The second-order valence-corrected chi connectivity index (χ2v) is 17.2. The van der Waals surface area contributed by atoms with Gasteiger partial charge < -0.3 is 19.6 Å². The van der Waals surface area contributed by atoms with Gasteiger partial charge in [-0.3, -0.25) is 0 Å². The summed E-state index contributed by atoms with van der Waals surface area (Å²) >= 11 is 0. The lowest BCUT2D eigenvalue weighted by Gasteiger charge is -2.31. The van der Waals surface area contributed by atoms with Crippen LogP contribution in [-0.4, -0.2) is 0 Å². The standard InChI is InChI=1S/C63H62N4/c1-8-11-22-50(7)64(61-25-15-19-47(4)44-61)55-36-38-58(39-37-55)65(53(10-3)18-9-2)56-32-28-51(29-33-56)52-30-34-57(35-31-52)66(54-23-13-12-14-24-54)59-40-42-60(43-41-59)67(62-26-16-20-48(5)45-62)63-27-17-21-49(6)46-63/h8-28,30-46,51H,29H2,1-7H3/b11-8-,18-9-,50-22+,53-10+. The van der Waals surface area contributed by atoms with E-state index in [0.717, 1.165) is 74.7 Å². The van der Waals surface area contributed by atoms with Gasteiger partial charge >= 0.3 is 0 Å². The highest BCUT2D eigenvalue weighted by atomic mass is 15.2. The zero-order chi connectivity index (χ0) is 46.7. The minimum atomic E-state index is 0.256. The summed E-state index contributed by atoms with van der Waals surface area (Å²) in [6, 6.07) is 63.8. The van der Waals surface area contributed by atoms with Crippen LogP contribution in [0.4, 0.5) is 51.2 Å². The molecule has 0 aromatic heterocycles. The lowest BCUT2D eigenvalue weighted by atomic mass is 9.91. The van der Waals surface area contributed by atoms with Crippen molar-refractivity contribution in [1.29, 1.82) is 0 Å².